The van der Waals surface area contributed by atoms with E-state index in [0.29, 0.717) is 5.75 Å². The zero-order valence-corrected chi connectivity index (χ0v) is 12.8. The number of hydrogen-bond acceptors (Lipinski definition) is 3. The number of halogens is 1. The lowest BCUT2D eigenvalue weighted by Gasteiger charge is -2.10. The lowest BCUT2D eigenvalue weighted by Crippen LogP contribution is -2.18. The number of methoxy groups -OCH3 is 1. The lowest BCUT2D eigenvalue weighted by atomic mass is 10.2. The lowest BCUT2D eigenvalue weighted by molar-refractivity contribution is -0.140. The van der Waals surface area contributed by atoms with Gasteiger partial charge in [-0.2, -0.15) is 0 Å². The monoisotopic (exact) mass is 366 g/mol. The third-order valence-electron chi connectivity index (χ3n) is 2.35. The highest BCUT2D eigenvalue weighted by molar-refractivity contribution is 14.1. The van der Waals surface area contributed by atoms with Crippen molar-refractivity contribution in [3.8, 4) is 0 Å². The molecule has 1 rings (SSSR count). The Morgan fingerprint density at radius 1 is 1.41 bits per heavy atom. The first-order chi connectivity index (χ1) is 8.02. The van der Waals surface area contributed by atoms with Gasteiger partial charge in [0.05, 0.1) is 13.5 Å². The first kappa shape index (κ1) is 14.6. The Labute approximate surface area is 118 Å². The Hall–Kier alpha value is -0.430. The van der Waals surface area contributed by atoms with Crippen molar-refractivity contribution in [3.05, 3.63) is 33.4 Å². The third kappa shape index (κ3) is 5.16. The molecular weight excluding hydrogens is 351 g/mol. The zero-order chi connectivity index (χ0) is 12.8. The Bertz CT molecular complexity index is 403. The molecule has 17 heavy (non-hydrogen) atoms. The van der Waals surface area contributed by atoms with Gasteiger partial charge in [-0.25, -0.2) is 0 Å². The SMILES string of the molecule is COC(=O)CC(C)S(=O)Cc1ccc(I)cc1. The molecule has 0 radical (unpaired) electrons. The largest absolute Gasteiger partial charge is 0.469 e. The maximum absolute atomic E-state index is 12.0. The van der Waals surface area contributed by atoms with Crippen LogP contribution in [0.3, 0.4) is 0 Å². The highest BCUT2D eigenvalue weighted by Gasteiger charge is 2.16. The maximum Gasteiger partial charge on any atom is 0.306 e. The summed E-state index contributed by atoms with van der Waals surface area (Å²) in [5, 5.41) is -0.179. The van der Waals surface area contributed by atoms with Crippen LogP contribution in [0.1, 0.15) is 18.9 Å². The van der Waals surface area contributed by atoms with E-state index in [1.165, 1.54) is 7.11 Å². The van der Waals surface area contributed by atoms with Crippen LogP contribution in [0.2, 0.25) is 0 Å². The van der Waals surface area contributed by atoms with E-state index < -0.39 is 10.8 Å². The van der Waals surface area contributed by atoms with Crippen LogP contribution in [-0.4, -0.2) is 22.5 Å². The van der Waals surface area contributed by atoms with E-state index in [9.17, 15) is 9.00 Å². The molecule has 0 aliphatic heterocycles. The third-order valence-corrected chi connectivity index (χ3v) is 4.75. The predicted molar refractivity (Wildman–Crippen MR) is 77.1 cm³/mol. The summed E-state index contributed by atoms with van der Waals surface area (Å²) in [7, 11) is 0.297. The fourth-order valence-corrected chi connectivity index (χ4v) is 2.79. The van der Waals surface area contributed by atoms with Crippen molar-refractivity contribution in [3.63, 3.8) is 0 Å². The van der Waals surface area contributed by atoms with Gasteiger partial charge in [-0.05, 0) is 40.3 Å². The van der Waals surface area contributed by atoms with E-state index in [4.69, 9.17) is 0 Å². The highest BCUT2D eigenvalue weighted by Crippen LogP contribution is 2.12. The summed E-state index contributed by atoms with van der Waals surface area (Å²) in [6.07, 6.45) is 0.202. The Kier molecular flexibility index (Phi) is 6.11. The Morgan fingerprint density at radius 2 is 2.00 bits per heavy atom. The van der Waals surface area contributed by atoms with Crippen molar-refractivity contribution in [1.29, 1.82) is 0 Å². The minimum absolute atomic E-state index is 0.179. The molecule has 3 nitrogen and oxygen atoms in total. The molecule has 0 N–H and O–H groups in total. The molecule has 0 aliphatic carbocycles. The van der Waals surface area contributed by atoms with Crippen molar-refractivity contribution in [2.24, 2.45) is 0 Å². The summed E-state index contributed by atoms with van der Waals surface area (Å²) in [5.74, 6) is 0.170. The summed E-state index contributed by atoms with van der Waals surface area (Å²) in [6.45, 7) is 1.81. The van der Waals surface area contributed by atoms with Gasteiger partial charge in [-0.1, -0.05) is 19.1 Å². The predicted octanol–water partition coefficient (Wildman–Crippen LogP) is 2.49. The Balaban J connectivity index is 2.54. The van der Waals surface area contributed by atoms with Gasteiger partial charge in [-0.15, -0.1) is 0 Å². The van der Waals surface area contributed by atoms with E-state index >= 15 is 0 Å². The van der Waals surface area contributed by atoms with Gasteiger partial charge >= 0.3 is 5.97 Å². The molecule has 2 atom stereocenters. The summed E-state index contributed by atoms with van der Waals surface area (Å²) in [5.41, 5.74) is 1.03. The average Bonchev–Trinajstić information content (AvgIpc) is 2.31. The van der Waals surface area contributed by atoms with E-state index in [1.807, 2.05) is 24.3 Å². The van der Waals surface area contributed by atoms with Gasteiger partial charge in [0.25, 0.3) is 0 Å². The second-order valence-corrected chi connectivity index (χ2v) is 6.84. The van der Waals surface area contributed by atoms with Gasteiger partial charge < -0.3 is 4.74 Å². The number of rotatable bonds is 5. The van der Waals surface area contributed by atoms with Crippen molar-refractivity contribution < 1.29 is 13.7 Å². The van der Waals surface area contributed by atoms with Crippen LogP contribution in [0, 0.1) is 3.57 Å². The molecule has 0 amide bonds. The molecule has 0 heterocycles. The molecule has 94 valence electrons. The van der Waals surface area contributed by atoms with Crippen molar-refractivity contribution in [1.82, 2.24) is 0 Å². The van der Waals surface area contributed by atoms with Gasteiger partial charge in [0.1, 0.15) is 0 Å². The fourth-order valence-electron chi connectivity index (χ4n) is 1.30. The number of hydrogen-bond donors (Lipinski definition) is 0. The number of ether oxygens (including phenoxy) is 1. The topological polar surface area (TPSA) is 43.4 Å². The van der Waals surface area contributed by atoms with E-state index in [1.54, 1.807) is 6.92 Å². The zero-order valence-electron chi connectivity index (χ0n) is 9.81. The van der Waals surface area contributed by atoms with Gasteiger partial charge in [0.2, 0.25) is 0 Å². The number of benzene rings is 1. The molecule has 0 fully saturated rings. The standard InChI is InChI=1S/C12H15IO3S/c1-9(7-12(14)16-2)17(15)8-10-3-5-11(13)6-4-10/h3-6,9H,7-8H2,1-2H3. The van der Waals surface area contributed by atoms with Crippen LogP contribution in [0.4, 0.5) is 0 Å². The van der Waals surface area contributed by atoms with Crippen molar-refractivity contribution in [2.45, 2.75) is 24.3 Å². The van der Waals surface area contributed by atoms with Gasteiger partial charge in [0.15, 0.2) is 0 Å². The first-order valence-electron chi connectivity index (χ1n) is 5.21. The van der Waals surface area contributed by atoms with Gasteiger partial charge in [0, 0.05) is 25.4 Å². The van der Waals surface area contributed by atoms with Crippen molar-refractivity contribution >= 4 is 39.4 Å². The normalized spacial score (nSPS) is 14.1. The average molecular weight is 366 g/mol. The second kappa shape index (κ2) is 7.10. The molecule has 1 aromatic carbocycles. The Morgan fingerprint density at radius 3 is 2.53 bits per heavy atom. The quantitative estimate of drug-likeness (QED) is 0.594. The summed E-state index contributed by atoms with van der Waals surface area (Å²) < 4.78 is 17.7. The van der Waals surface area contributed by atoms with E-state index in [2.05, 4.69) is 27.3 Å². The maximum atomic E-state index is 12.0. The van der Waals surface area contributed by atoms with Crippen LogP contribution in [0.25, 0.3) is 0 Å². The van der Waals surface area contributed by atoms with Crippen LogP contribution in [-0.2, 0) is 26.1 Å². The molecule has 2 unspecified atom stereocenters. The molecule has 5 heteroatoms. The minimum Gasteiger partial charge on any atom is -0.469 e. The van der Waals surface area contributed by atoms with Crippen LogP contribution in [0.15, 0.2) is 24.3 Å². The second-order valence-electron chi connectivity index (χ2n) is 3.74. The highest BCUT2D eigenvalue weighted by atomic mass is 127. The minimum atomic E-state index is -1.05. The smallest absolute Gasteiger partial charge is 0.306 e. The summed E-state index contributed by atoms with van der Waals surface area (Å²) in [4.78, 5) is 11.1. The number of esters is 1. The van der Waals surface area contributed by atoms with Crippen LogP contribution >= 0.6 is 22.6 Å². The van der Waals surface area contributed by atoms with Crippen LogP contribution in [0.5, 0.6) is 0 Å². The number of carbonyl (C=O) groups is 1. The molecule has 0 spiro atoms. The van der Waals surface area contributed by atoms with E-state index in [-0.39, 0.29) is 17.6 Å². The fraction of sp³-hybridized carbons (Fsp3) is 0.417. The molecule has 0 saturated heterocycles. The molecule has 1 aromatic rings. The molecule has 0 aromatic heterocycles. The van der Waals surface area contributed by atoms with E-state index in [0.717, 1.165) is 9.13 Å². The number of carbonyl (C=O) groups excluding carboxylic acids is 1. The first-order valence-corrected chi connectivity index (χ1v) is 7.67. The molecule has 0 bridgehead atoms. The van der Waals surface area contributed by atoms with Crippen LogP contribution < -0.4 is 0 Å². The van der Waals surface area contributed by atoms with Crippen molar-refractivity contribution in [2.75, 3.05) is 7.11 Å². The molecule has 0 aliphatic rings. The molecular formula is C12H15IO3S. The van der Waals surface area contributed by atoms with Gasteiger partial charge in [-0.3, -0.25) is 9.00 Å². The summed E-state index contributed by atoms with van der Waals surface area (Å²) in [6, 6.07) is 7.89. The molecule has 0 saturated carbocycles. The summed E-state index contributed by atoms with van der Waals surface area (Å²) >= 11 is 2.23.